The normalized spacial score (nSPS) is 10.0. The van der Waals surface area contributed by atoms with E-state index in [1.54, 1.807) is 48.2 Å². The van der Waals surface area contributed by atoms with E-state index >= 15 is 0 Å². The van der Waals surface area contributed by atoms with Gasteiger partial charge in [0.05, 0.1) is 16.8 Å². The SMILES string of the molecule is C=CCNC(=O)c1ccccc1NC(=O)c1ccccc1SCC. The molecule has 0 fully saturated rings. The number of benzene rings is 2. The summed E-state index contributed by atoms with van der Waals surface area (Å²) in [6.07, 6.45) is 1.61. The molecule has 0 aliphatic rings. The molecule has 2 aromatic carbocycles. The lowest BCUT2D eigenvalue weighted by atomic mass is 10.1. The monoisotopic (exact) mass is 340 g/mol. The van der Waals surface area contributed by atoms with Crippen LogP contribution in [0.5, 0.6) is 0 Å². The van der Waals surface area contributed by atoms with E-state index in [9.17, 15) is 9.59 Å². The Kier molecular flexibility index (Phi) is 6.63. The molecule has 2 amide bonds. The largest absolute Gasteiger partial charge is 0.349 e. The van der Waals surface area contributed by atoms with Crippen molar-refractivity contribution < 1.29 is 9.59 Å². The Hall–Kier alpha value is -2.53. The summed E-state index contributed by atoms with van der Waals surface area (Å²) < 4.78 is 0. The molecule has 0 aliphatic carbocycles. The molecule has 0 saturated heterocycles. The van der Waals surface area contributed by atoms with Crippen LogP contribution in [-0.4, -0.2) is 24.1 Å². The van der Waals surface area contributed by atoms with E-state index in [0.717, 1.165) is 10.6 Å². The van der Waals surface area contributed by atoms with Crippen LogP contribution in [0.4, 0.5) is 5.69 Å². The Bertz CT molecular complexity index is 744. The Morgan fingerprint density at radius 2 is 1.71 bits per heavy atom. The molecule has 0 aliphatic heterocycles. The molecule has 0 unspecified atom stereocenters. The third-order valence-corrected chi connectivity index (χ3v) is 4.21. The summed E-state index contributed by atoms with van der Waals surface area (Å²) in [5.74, 6) is 0.405. The van der Waals surface area contributed by atoms with Crippen molar-refractivity contribution in [3.05, 3.63) is 72.3 Å². The lowest BCUT2D eigenvalue weighted by molar-refractivity contribution is 0.0959. The Balaban J connectivity index is 2.24. The number of hydrogen-bond acceptors (Lipinski definition) is 3. The minimum atomic E-state index is -0.248. The summed E-state index contributed by atoms with van der Waals surface area (Å²) in [4.78, 5) is 25.7. The third kappa shape index (κ3) is 4.49. The average molecular weight is 340 g/mol. The smallest absolute Gasteiger partial charge is 0.256 e. The molecular weight excluding hydrogens is 320 g/mol. The highest BCUT2D eigenvalue weighted by molar-refractivity contribution is 7.99. The predicted molar refractivity (Wildman–Crippen MR) is 99.8 cm³/mol. The fourth-order valence-corrected chi connectivity index (χ4v) is 2.98. The van der Waals surface area contributed by atoms with Gasteiger partial charge in [0.1, 0.15) is 0 Å². The van der Waals surface area contributed by atoms with E-state index in [2.05, 4.69) is 17.2 Å². The summed E-state index contributed by atoms with van der Waals surface area (Å²) in [7, 11) is 0. The Labute approximate surface area is 146 Å². The van der Waals surface area contributed by atoms with Crippen LogP contribution >= 0.6 is 11.8 Å². The number of rotatable bonds is 7. The molecule has 0 atom stereocenters. The molecule has 0 heterocycles. The van der Waals surface area contributed by atoms with Crippen LogP contribution in [0.3, 0.4) is 0 Å². The van der Waals surface area contributed by atoms with Crippen LogP contribution in [0.1, 0.15) is 27.6 Å². The second-order valence-electron chi connectivity index (χ2n) is 4.93. The van der Waals surface area contributed by atoms with Gasteiger partial charge in [0.25, 0.3) is 11.8 Å². The van der Waals surface area contributed by atoms with E-state index in [0.29, 0.717) is 23.4 Å². The topological polar surface area (TPSA) is 58.2 Å². The zero-order valence-corrected chi connectivity index (χ0v) is 14.4. The van der Waals surface area contributed by atoms with Gasteiger partial charge in [0, 0.05) is 11.4 Å². The van der Waals surface area contributed by atoms with Crippen LogP contribution < -0.4 is 10.6 Å². The van der Waals surface area contributed by atoms with E-state index < -0.39 is 0 Å². The highest BCUT2D eigenvalue weighted by atomic mass is 32.2. The van der Waals surface area contributed by atoms with Gasteiger partial charge in [-0.25, -0.2) is 0 Å². The number of nitrogens with one attached hydrogen (secondary N) is 2. The molecule has 2 rings (SSSR count). The zero-order valence-electron chi connectivity index (χ0n) is 13.5. The van der Waals surface area contributed by atoms with E-state index in [4.69, 9.17) is 0 Å². The molecule has 5 heteroatoms. The first-order valence-electron chi connectivity index (χ1n) is 7.68. The number of carbonyl (C=O) groups is 2. The van der Waals surface area contributed by atoms with Gasteiger partial charge >= 0.3 is 0 Å². The molecule has 2 N–H and O–H groups in total. The van der Waals surface area contributed by atoms with Crippen molar-refractivity contribution >= 4 is 29.3 Å². The maximum Gasteiger partial charge on any atom is 0.256 e. The van der Waals surface area contributed by atoms with Crippen molar-refractivity contribution in [1.29, 1.82) is 0 Å². The molecule has 0 aromatic heterocycles. The highest BCUT2D eigenvalue weighted by Gasteiger charge is 2.15. The van der Waals surface area contributed by atoms with Crippen molar-refractivity contribution in [1.82, 2.24) is 5.32 Å². The first-order chi connectivity index (χ1) is 11.7. The summed E-state index contributed by atoms with van der Waals surface area (Å²) in [6.45, 7) is 5.99. The maximum absolute atomic E-state index is 12.6. The van der Waals surface area contributed by atoms with Crippen molar-refractivity contribution in [2.75, 3.05) is 17.6 Å². The standard InChI is InChI=1S/C19H20N2O2S/c1-3-13-20-18(22)14-9-5-7-11-16(14)21-19(23)15-10-6-8-12-17(15)24-4-2/h3,5-12H,1,4,13H2,2H3,(H,20,22)(H,21,23). The number of thioether (sulfide) groups is 1. The lowest BCUT2D eigenvalue weighted by Gasteiger charge is -2.12. The maximum atomic E-state index is 12.6. The summed E-state index contributed by atoms with van der Waals surface area (Å²) in [6, 6.07) is 14.4. The first kappa shape index (κ1) is 17.8. The first-order valence-corrected chi connectivity index (χ1v) is 8.67. The molecule has 0 saturated carbocycles. The summed E-state index contributed by atoms with van der Waals surface area (Å²) in [5.41, 5.74) is 1.51. The van der Waals surface area contributed by atoms with Crippen LogP contribution in [-0.2, 0) is 0 Å². The lowest BCUT2D eigenvalue weighted by Crippen LogP contribution is -2.25. The number of carbonyl (C=O) groups excluding carboxylic acids is 2. The molecule has 0 spiro atoms. The van der Waals surface area contributed by atoms with Crippen LogP contribution in [0.15, 0.2) is 66.1 Å². The minimum Gasteiger partial charge on any atom is -0.349 e. The molecule has 4 nitrogen and oxygen atoms in total. The molecule has 2 aromatic rings. The zero-order chi connectivity index (χ0) is 17.4. The van der Waals surface area contributed by atoms with Gasteiger partial charge in [-0.3, -0.25) is 9.59 Å². The van der Waals surface area contributed by atoms with Crippen LogP contribution in [0, 0.1) is 0 Å². The van der Waals surface area contributed by atoms with Gasteiger partial charge in [0.15, 0.2) is 0 Å². The van der Waals surface area contributed by atoms with Gasteiger partial charge in [0.2, 0.25) is 0 Å². The minimum absolute atomic E-state index is 0.226. The summed E-state index contributed by atoms with van der Waals surface area (Å²) in [5, 5.41) is 5.57. The average Bonchev–Trinajstić information content (AvgIpc) is 2.61. The van der Waals surface area contributed by atoms with E-state index in [1.807, 2.05) is 25.1 Å². The van der Waals surface area contributed by atoms with Crippen molar-refractivity contribution in [2.45, 2.75) is 11.8 Å². The Morgan fingerprint density at radius 3 is 2.42 bits per heavy atom. The number of para-hydroxylation sites is 1. The van der Waals surface area contributed by atoms with Crippen LogP contribution in [0.2, 0.25) is 0 Å². The van der Waals surface area contributed by atoms with Gasteiger partial charge in [-0.15, -0.1) is 18.3 Å². The van der Waals surface area contributed by atoms with Crippen molar-refractivity contribution in [3.63, 3.8) is 0 Å². The van der Waals surface area contributed by atoms with Crippen molar-refractivity contribution in [2.24, 2.45) is 0 Å². The number of anilines is 1. The van der Waals surface area contributed by atoms with E-state index in [-0.39, 0.29) is 11.8 Å². The van der Waals surface area contributed by atoms with E-state index in [1.165, 1.54) is 0 Å². The molecular formula is C19H20N2O2S. The van der Waals surface area contributed by atoms with Gasteiger partial charge in [-0.1, -0.05) is 37.3 Å². The highest BCUT2D eigenvalue weighted by Crippen LogP contribution is 2.24. The van der Waals surface area contributed by atoms with Gasteiger partial charge in [-0.2, -0.15) is 0 Å². The number of amides is 2. The quantitative estimate of drug-likeness (QED) is 0.592. The van der Waals surface area contributed by atoms with Gasteiger partial charge < -0.3 is 10.6 Å². The second-order valence-corrected chi connectivity index (χ2v) is 6.23. The van der Waals surface area contributed by atoms with Crippen molar-refractivity contribution in [3.8, 4) is 0 Å². The fourth-order valence-electron chi connectivity index (χ4n) is 2.18. The second kappa shape index (κ2) is 8.93. The molecule has 0 bridgehead atoms. The molecule has 124 valence electrons. The summed E-state index contributed by atoms with van der Waals surface area (Å²) >= 11 is 1.61. The molecule has 0 radical (unpaired) electrons. The molecule has 24 heavy (non-hydrogen) atoms. The van der Waals surface area contributed by atoms with Gasteiger partial charge in [-0.05, 0) is 30.0 Å². The predicted octanol–water partition coefficient (Wildman–Crippen LogP) is 3.97. The fraction of sp³-hybridized carbons (Fsp3) is 0.158. The Morgan fingerprint density at radius 1 is 1.04 bits per heavy atom. The third-order valence-electron chi connectivity index (χ3n) is 3.26. The number of hydrogen-bond donors (Lipinski definition) is 2. The van der Waals surface area contributed by atoms with Crippen LogP contribution in [0.25, 0.3) is 0 Å².